The molecule has 2 atom stereocenters. The van der Waals surface area contributed by atoms with Crippen molar-refractivity contribution in [2.24, 2.45) is 5.92 Å². The molecular weight excluding hydrogens is 189 g/mol. The number of rotatable bonds is 1. The summed E-state index contributed by atoms with van der Waals surface area (Å²) in [5, 5.41) is 0. The summed E-state index contributed by atoms with van der Waals surface area (Å²) in [6.07, 6.45) is 5.04. The fourth-order valence-corrected chi connectivity index (χ4v) is 2.55. The summed E-state index contributed by atoms with van der Waals surface area (Å²) >= 11 is 0. The van der Waals surface area contributed by atoms with Gasteiger partial charge in [0, 0.05) is 0 Å². The van der Waals surface area contributed by atoms with Crippen molar-refractivity contribution in [2.45, 2.75) is 38.5 Å². The first kappa shape index (κ1) is 10.5. The van der Waals surface area contributed by atoms with Gasteiger partial charge in [0.1, 0.15) is 5.82 Å². The van der Waals surface area contributed by atoms with Gasteiger partial charge in [0.25, 0.3) is 0 Å². The molecule has 0 aromatic heterocycles. The summed E-state index contributed by atoms with van der Waals surface area (Å²) in [5.41, 5.74) is 7.08. The van der Waals surface area contributed by atoms with E-state index in [1.54, 1.807) is 6.07 Å². The topological polar surface area (TPSA) is 26.0 Å². The Labute approximate surface area is 90.5 Å². The molecule has 15 heavy (non-hydrogen) atoms. The van der Waals surface area contributed by atoms with E-state index in [0.29, 0.717) is 5.92 Å². The molecule has 1 saturated carbocycles. The van der Waals surface area contributed by atoms with Gasteiger partial charge >= 0.3 is 0 Å². The number of halogens is 1. The van der Waals surface area contributed by atoms with Crippen molar-refractivity contribution in [3.63, 3.8) is 0 Å². The van der Waals surface area contributed by atoms with Crippen molar-refractivity contribution >= 4 is 5.69 Å². The van der Waals surface area contributed by atoms with Gasteiger partial charge in [-0.1, -0.05) is 25.8 Å². The molecule has 1 aliphatic rings. The Kier molecular flexibility index (Phi) is 2.94. The maximum Gasteiger partial charge on any atom is 0.146 e. The van der Waals surface area contributed by atoms with Crippen molar-refractivity contribution in [3.8, 4) is 0 Å². The lowest BCUT2D eigenvalue weighted by Crippen LogP contribution is -2.12. The molecule has 2 heteroatoms. The number of anilines is 1. The second-order valence-electron chi connectivity index (χ2n) is 4.75. The van der Waals surface area contributed by atoms with E-state index in [-0.39, 0.29) is 11.5 Å². The lowest BCUT2D eigenvalue weighted by Gasteiger charge is -2.27. The SMILES string of the molecule is CC1CCCC(c2ccc(F)c(N)c2)C1. The van der Waals surface area contributed by atoms with Crippen LogP contribution >= 0.6 is 0 Å². The largest absolute Gasteiger partial charge is 0.396 e. The van der Waals surface area contributed by atoms with Crippen LogP contribution in [0.3, 0.4) is 0 Å². The molecule has 2 rings (SSSR count). The number of hydrogen-bond acceptors (Lipinski definition) is 1. The zero-order valence-electron chi connectivity index (χ0n) is 9.17. The Morgan fingerprint density at radius 2 is 2.13 bits per heavy atom. The van der Waals surface area contributed by atoms with Crippen LogP contribution in [-0.2, 0) is 0 Å². The van der Waals surface area contributed by atoms with E-state index < -0.39 is 0 Å². The Morgan fingerprint density at radius 1 is 1.33 bits per heavy atom. The van der Waals surface area contributed by atoms with Gasteiger partial charge in [-0.25, -0.2) is 4.39 Å². The first-order valence-electron chi connectivity index (χ1n) is 5.71. The van der Waals surface area contributed by atoms with Crippen LogP contribution in [0.25, 0.3) is 0 Å². The Bertz CT molecular complexity index is 348. The van der Waals surface area contributed by atoms with E-state index in [9.17, 15) is 4.39 Å². The highest BCUT2D eigenvalue weighted by Gasteiger charge is 2.20. The van der Waals surface area contributed by atoms with E-state index in [1.165, 1.54) is 37.3 Å². The summed E-state index contributed by atoms with van der Waals surface area (Å²) in [6, 6.07) is 5.18. The monoisotopic (exact) mass is 207 g/mol. The van der Waals surface area contributed by atoms with Crippen LogP contribution in [0.15, 0.2) is 18.2 Å². The molecule has 0 aliphatic heterocycles. The van der Waals surface area contributed by atoms with Gasteiger partial charge in [0.15, 0.2) is 0 Å². The fourth-order valence-electron chi connectivity index (χ4n) is 2.55. The first-order chi connectivity index (χ1) is 7.16. The summed E-state index contributed by atoms with van der Waals surface area (Å²) in [7, 11) is 0. The molecule has 0 amide bonds. The van der Waals surface area contributed by atoms with Crippen LogP contribution in [0.1, 0.15) is 44.1 Å². The number of benzene rings is 1. The molecule has 0 heterocycles. The number of nitrogens with two attached hydrogens (primary N) is 1. The lowest BCUT2D eigenvalue weighted by molar-refractivity contribution is 0.344. The van der Waals surface area contributed by atoms with Crippen molar-refractivity contribution in [1.82, 2.24) is 0 Å². The second-order valence-corrected chi connectivity index (χ2v) is 4.75. The first-order valence-corrected chi connectivity index (χ1v) is 5.71. The van der Waals surface area contributed by atoms with Crippen LogP contribution in [0, 0.1) is 11.7 Å². The maximum atomic E-state index is 13.0. The second kappa shape index (κ2) is 4.21. The highest BCUT2D eigenvalue weighted by atomic mass is 19.1. The molecule has 0 saturated heterocycles. The summed E-state index contributed by atoms with van der Waals surface area (Å²) in [5.74, 6) is 1.06. The van der Waals surface area contributed by atoms with Crippen molar-refractivity contribution in [1.29, 1.82) is 0 Å². The van der Waals surface area contributed by atoms with E-state index >= 15 is 0 Å². The molecule has 1 aromatic carbocycles. The molecule has 1 nitrogen and oxygen atoms in total. The van der Waals surface area contributed by atoms with Gasteiger partial charge in [0.2, 0.25) is 0 Å². The van der Waals surface area contributed by atoms with E-state index in [2.05, 4.69) is 6.92 Å². The standard InChI is InChI=1S/C13H18FN/c1-9-3-2-4-10(7-9)11-5-6-12(14)13(15)8-11/h5-6,8-10H,2-4,7,15H2,1H3. The highest BCUT2D eigenvalue weighted by Crippen LogP contribution is 2.36. The smallest absolute Gasteiger partial charge is 0.146 e. The zero-order chi connectivity index (χ0) is 10.8. The third-order valence-electron chi connectivity index (χ3n) is 3.43. The predicted molar refractivity (Wildman–Crippen MR) is 61.2 cm³/mol. The third kappa shape index (κ3) is 2.31. The minimum Gasteiger partial charge on any atom is -0.396 e. The highest BCUT2D eigenvalue weighted by molar-refractivity contribution is 5.43. The van der Waals surface area contributed by atoms with Crippen LogP contribution < -0.4 is 5.73 Å². The van der Waals surface area contributed by atoms with Crippen LogP contribution in [0.5, 0.6) is 0 Å². The predicted octanol–water partition coefficient (Wildman–Crippen LogP) is 3.70. The van der Waals surface area contributed by atoms with Crippen LogP contribution in [0.4, 0.5) is 10.1 Å². The van der Waals surface area contributed by atoms with Crippen molar-refractivity contribution < 1.29 is 4.39 Å². The lowest BCUT2D eigenvalue weighted by atomic mass is 9.79. The molecule has 0 bridgehead atoms. The molecule has 2 N–H and O–H groups in total. The van der Waals surface area contributed by atoms with Crippen molar-refractivity contribution in [2.75, 3.05) is 5.73 Å². The molecule has 82 valence electrons. The van der Waals surface area contributed by atoms with E-state index in [4.69, 9.17) is 5.73 Å². The quantitative estimate of drug-likeness (QED) is 0.698. The molecular formula is C13H18FN. The fraction of sp³-hybridized carbons (Fsp3) is 0.538. The Balaban J connectivity index is 2.18. The third-order valence-corrected chi connectivity index (χ3v) is 3.43. The zero-order valence-corrected chi connectivity index (χ0v) is 9.17. The molecule has 1 aliphatic carbocycles. The normalized spacial score (nSPS) is 26.5. The van der Waals surface area contributed by atoms with Gasteiger partial charge in [-0.15, -0.1) is 0 Å². The number of nitrogen functional groups attached to an aromatic ring is 1. The van der Waals surface area contributed by atoms with Gasteiger partial charge in [0.05, 0.1) is 5.69 Å². The molecule has 0 radical (unpaired) electrons. The van der Waals surface area contributed by atoms with Gasteiger partial charge in [-0.05, 0) is 42.4 Å². The van der Waals surface area contributed by atoms with E-state index in [0.717, 1.165) is 5.92 Å². The minimum absolute atomic E-state index is 0.283. The Morgan fingerprint density at radius 3 is 2.80 bits per heavy atom. The molecule has 0 spiro atoms. The minimum atomic E-state index is -0.303. The molecule has 1 fully saturated rings. The van der Waals surface area contributed by atoms with Gasteiger partial charge in [-0.2, -0.15) is 0 Å². The van der Waals surface area contributed by atoms with Crippen LogP contribution in [0.2, 0.25) is 0 Å². The molecule has 1 aromatic rings. The summed E-state index contributed by atoms with van der Waals surface area (Å²) < 4.78 is 13.0. The molecule has 2 unspecified atom stereocenters. The van der Waals surface area contributed by atoms with Gasteiger partial charge < -0.3 is 5.73 Å². The summed E-state index contributed by atoms with van der Waals surface area (Å²) in [6.45, 7) is 2.29. The summed E-state index contributed by atoms with van der Waals surface area (Å²) in [4.78, 5) is 0. The number of hydrogen-bond donors (Lipinski definition) is 1. The van der Waals surface area contributed by atoms with Crippen molar-refractivity contribution in [3.05, 3.63) is 29.6 Å². The van der Waals surface area contributed by atoms with Crippen LogP contribution in [-0.4, -0.2) is 0 Å². The average Bonchev–Trinajstić information content (AvgIpc) is 2.22. The maximum absolute atomic E-state index is 13.0. The van der Waals surface area contributed by atoms with Gasteiger partial charge in [-0.3, -0.25) is 0 Å². The van der Waals surface area contributed by atoms with E-state index in [1.807, 2.05) is 6.07 Å². The Hall–Kier alpha value is -1.05. The average molecular weight is 207 g/mol.